The quantitative estimate of drug-likeness (QED) is 0.499. The fourth-order valence-corrected chi connectivity index (χ4v) is 4.11. The Bertz CT molecular complexity index is 1120. The summed E-state index contributed by atoms with van der Waals surface area (Å²) in [6, 6.07) is 9.94. The van der Waals surface area contributed by atoms with Crippen molar-refractivity contribution in [3.05, 3.63) is 65.1 Å². The van der Waals surface area contributed by atoms with Crippen molar-refractivity contribution in [2.75, 3.05) is 11.9 Å². The van der Waals surface area contributed by atoms with E-state index in [2.05, 4.69) is 20.4 Å². The molecule has 8 heteroatoms. The highest BCUT2D eigenvalue weighted by Gasteiger charge is 2.20. The zero-order valence-corrected chi connectivity index (χ0v) is 16.4. The van der Waals surface area contributed by atoms with Crippen LogP contribution in [0.1, 0.15) is 27.7 Å². The Morgan fingerprint density at radius 3 is 2.89 bits per heavy atom. The molecule has 0 spiro atoms. The smallest absolute Gasteiger partial charge is 0.348 e. The molecule has 3 aromatic heterocycles. The van der Waals surface area contributed by atoms with Gasteiger partial charge in [-0.15, -0.1) is 11.3 Å². The van der Waals surface area contributed by atoms with Crippen LogP contribution in [-0.2, 0) is 11.3 Å². The van der Waals surface area contributed by atoms with E-state index in [9.17, 15) is 4.79 Å². The predicted octanol–water partition coefficient (Wildman–Crippen LogP) is 3.97. The van der Waals surface area contributed by atoms with Crippen molar-refractivity contribution >= 4 is 33.3 Å². The third kappa shape index (κ3) is 3.34. The van der Waals surface area contributed by atoms with Gasteiger partial charge in [0.25, 0.3) is 0 Å². The number of aromatic nitrogens is 4. The molecule has 1 N–H and O–H groups in total. The van der Waals surface area contributed by atoms with Gasteiger partial charge in [0.2, 0.25) is 0 Å². The summed E-state index contributed by atoms with van der Waals surface area (Å²) in [7, 11) is 0. The van der Waals surface area contributed by atoms with E-state index < -0.39 is 0 Å². The number of carbonyl (C=O) groups is 1. The number of nitrogens with zero attached hydrogens (tertiary/aromatic N) is 4. The molecule has 0 unspecified atom stereocenters. The molecule has 1 aromatic carbocycles. The van der Waals surface area contributed by atoms with Gasteiger partial charge in [0.15, 0.2) is 0 Å². The van der Waals surface area contributed by atoms with Crippen molar-refractivity contribution < 1.29 is 9.53 Å². The first-order valence-corrected chi connectivity index (χ1v) is 9.73. The number of thiophene rings is 1. The molecule has 0 aliphatic rings. The zero-order chi connectivity index (χ0) is 19.5. The maximum absolute atomic E-state index is 12.2. The van der Waals surface area contributed by atoms with E-state index in [-0.39, 0.29) is 5.97 Å². The largest absolute Gasteiger partial charge is 0.462 e. The topological polar surface area (TPSA) is 81.9 Å². The first kappa shape index (κ1) is 18.1. The Balaban J connectivity index is 1.66. The minimum Gasteiger partial charge on any atom is -0.462 e. The van der Waals surface area contributed by atoms with E-state index in [1.54, 1.807) is 13.1 Å². The lowest BCUT2D eigenvalue weighted by atomic mass is 10.1. The Hall–Kier alpha value is -3.26. The van der Waals surface area contributed by atoms with Crippen LogP contribution in [-0.4, -0.2) is 32.3 Å². The fourth-order valence-electron chi connectivity index (χ4n) is 3.07. The van der Waals surface area contributed by atoms with Crippen LogP contribution < -0.4 is 5.32 Å². The van der Waals surface area contributed by atoms with E-state index in [0.717, 1.165) is 27.0 Å². The predicted molar refractivity (Wildman–Crippen MR) is 109 cm³/mol. The molecule has 0 aliphatic heterocycles. The van der Waals surface area contributed by atoms with Crippen LogP contribution in [0.5, 0.6) is 0 Å². The molecule has 7 nitrogen and oxygen atoms in total. The summed E-state index contributed by atoms with van der Waals surface area (Å²) in [5.74, 6) is 0.377. The lowest BCUT2D eigenvalue weighted by molar-refractivity contribution is 0.0531. The number of fused-ring (bicyclic) bond motifs is 1. The summed E-state index contributed by atoms with van der Waals surface area (Å²) in [6.07, 6.45) is 5.18. The number of carbonyl (C=O) groups excluding carboxylic acids is 1. The summed E-state index contributed by atoms with van der Waals surface area (Å²) in [5.41, 5.74) is 2.91. The second kappa shape index (κ2) is 7.77. The monoisotopic (exact) mass is 393 g/mol. The minimum absolute atomic E-state index is 0.321. The summed E-state index contributed by atoms with van der Waals surface area (Å²) in [5, 5.41) is 8.57. The number of nitrogens with one attached hydrogen (secondary N) is 1. The number of benzene rings is 1. The van der Waals surface area contributed by atoms with Crippen LogP contribution in [0.15, 0.2) is 49.1 Å². The summed E-state index contributed by atoms with van der Waals surface area (Å²) >= 11 is 1.33. The molecule has 0 saturated carbocycles. The van der Waals surface area contributed by atoms with Gasteiger partial charge in [0, 0.05) is 18.9 Å². The molecule has 4 rings (SSSR count). The summed E-state index contributed by atoms with van der Waals surface area (Å²) in [4.78, 5) is 22.3. The number of hydrogen-bond acceptors (Lipinski definition) is 7. The average Bonchev–Trinajstić information content (AvgIpc) is 3.35. The Kier molecular flexibility index (Phi) is 5.03. The molecular weight excluding hydrogens is 374 g/mol. The molecule has 0 amide bonds. The molecule has 0 fully saturated rings. The fraction of sp³-hybridized carbons (Fsp3) is 0.200. The van der Waals surface area contributed by atoms with Crippen molar-refractivity contribution in [3.8, 4) is 5.69 Å². The highest BCUT2D eigenvalue weighted by atomic mass is 32.1. The average molecular weight is 393 g/mol. The third-order valence-corrected chi connectivity index (χ3v) is 5.56. The molecule has 0 aliphatic carbocycles. The second-order valence-corrected chi connectivity index (χ2v) is 7.11. The summed E-state index contributed by atoms with van der Waals surface area (Å²) in [6.45, 7) is 4.60. The Morgan fingerprint density at radius 2 is 2.11 bits per heavy atom. The van der Waals surface area contributed by atoms with Gasteiger partial charge in [0.05, 0.1) is 17.7 Å². The minimum atomic E-state index is -0.321. The summed E-state index contributed by atoms with van der Waals surface area (Å²) < 4.78 is 6.99. The first-order chi connectivity index (χ1) is 13.7. The Labute approximate surface area is 166 Å². The second-order valence-electron chi connectivity index (χ2n) is 6.11. The van der Waals surface area contributed by atoms with E-state index in [0.29, 0.717) is 23.8 Å². The third-order valence-electron chi connectivity index (χ3n) is 4.38. The molecule has 4 aromatic rings. The van der Waals surface area contributed by atoms with Gasteiger partial charge in [-0.05, 0) is 37.1 Å². The van der Waals surface area contributed by atoms with Crippen molar-refractivity contribution in [1.82, 2.24) is 19.7 Å². The maximum atomic E-state index is 12.2. The van der Waals surface area contributed by atoms with Crippen LogP contribution in [0.4, 0.5) is 5.82 Å². The van der Waals surface area contributed by atoms with Crippen LogP contribution >= 0.6 is 11.3 Å². The molecular formula is C20H19N5O2S. The molecule has 28 heavy (non-hydrogen) atoms. The van der Waals surface area contributed by atoms with Gasteiger partial charge in [-0.1, -0.05) is 18.2 Å². The lowest BCUT2D eigenvalue weighted by Crippen LogP contribution is -2.07. The van der Waals surface area contributed by atoms with E-state index in [4.69, 9.17) is 4.74 Å². The highest BCUT2D eigenvalue weighted by molar-refractivity contribution is 7.20. The molecule has 0 saturated heterocycles. The van der Waals surface area contributed by atoms with Crippen LogP contribution in [0.3, 0.4) is 0 Å². The van der Waals surface area contributed by atoms with E-state index >= 15 is 0 Å². The van der Waals surface area contributed by atoms with Crippen molar-refractivity contribution in [3.63, 3.8) is 0 Å². The van der Waals surface area contributed by atoms with Crippen molar-refractivity contribution in [1.29, 1.82) is 0 Å². The molecule has 0 atom stereocenters. The number of ether oxygens (including phenoxy) is 1. The molecule has 3 heterocycles. The molecule has 0 bridgehead atoms. The zero-order valence-electron chi connectivity index (χ0n) is 15.5. The van der Waals surface area contributed by atoms with Crippen LogP contribution in [0.25, 0.3) is 15.9 Å². The molecule has 142 valence electrons. The normalized spacial score (nSPS) is 10.9. The molecule has 0 radical (unpaired) electrons. The van der Waals surface area contributed by atoms with Crippen LogP contribution in [0.2, 0.25) is 0 Å². The highest BCUT2D eigenvalue weighted by Crippen LogP contribution is 2.34. The standard InChI is InChI=1S/C20H19N5O2S/c1-3-27-20(26)17-13(2)16-18(22-12-23-19(16)28-17)21-11-14-7-4-5-8-15(14)25-10-6-9-24-25/h4-10,12H,3,11H2,1-2H3,(H,21,22,23). The lowest BCUT2D eigenvalue weighted by Gasteiger charge is -2.12. The first-order valence-electron chi connectivity index (χ1n) is 8.92. The van der Waals surface area contributed by atoms with Crippen molar-refractivity contribution in [2.45, 2.75) is 20.4 Å². The van der Waals surface area contributed by atoms with Gasteiger partial charge in [0.1, 0.15) is 21.9 Å². The number of esters is 1. The Morgan fingerprint density at radius 1 is 1.25 bits per heavy atom. The number of aryl methyl sites for hydroxylation is 1. The van der Waals surface area contributed by atoms with Gasteiger partial charge in [-0.3, -0.25) is 0 Å². The van der Waals surface area contributed by atoms with Gasteiger partial charge < -0.3 is 10.1 Å². The van der Waals surface area contributed by atoms with Gasteiger partial charge in [-0.25, -0.2) is 19.4 Å². The number of anilines is 1. The van der Waals surface area contributed by atoms with Crippen molar-refractivity contribution in [2.24, 2.45) is 0 Å². The van der Waals surface area contributed by atoms with E-state index in [1.165, 1.54) is 17.7 Å². The van der Waals surface area contributed by atoms with Gasteiger partial charge in [-0.2, -0.15) is 5.10 Å². The number of rotatable bonds is 6. The maximum Gasteiger partial charge on any atom is 0.348 e. The number of para-hydroxylation sites is 1. The SMILES string of the molecule is CCOC(=O)c1sc2ncnc(NCc3ccccc3-n3cccn3)c2c1C. The van der Waals surface area contributed by atoms with Gasteiger partial charge >= 0.3 is 5.97 Å². The van der Waals surface area contributed by atoms with Crippen LogP contribution in [0, 0.1) is 6.92 Å². The number of hydrogen-bond donors (Lipinski definition) is 1. The van der Waals surface area contributed by atoms with E-state index in [1.807, 2.05) is 48.1 Å².